The molecule has 0 aliphatic carbocycles. The van der Waals surface area contributed by atoms with E-state index in [1.165, 1.54) is 30.0 Å². The first-order chi connectivity index (χ1) is 12.4. The van der Waals surface area contributed by atoms with Crippen LogP contribution >= 0.6 is 0 Å². The van der Waals surface area contributed by atoms with E-state index >= 15 is 0 Å². The molecular weight excluding hydrogens is 342 g/mol. The number of H-pyrrole nitrogens is 1. The summed E-state index contributed by atoms with van der Waals surface area (Å²) < 4.78 is 2.84. The number of nitrogens with zero attached hydrogens (tertiary/aromatic N) is 5. The van der Waals surface area contributed by atoms with E-state index in [9.17, 15) is 19.7 Å². The molecule has 2 N–H and O–H groups in total. The summed E-state index contributed by atoms with van der Waals surface area (Å²) in [4.78, 5) is 40.4. The van der Waals surface area contributed by atoms with Crippen LogP contribution in [0.1, 0.15) is 12.5 Å². The van der Waals surface area contributed by atoms with Crippen molar-refractivity contribution in [2.45, 2.75) is 13.5 Å². The number of rotatable bonds is 5. The van der Waals surface area contributed by atoms with E-state index in [4.69, 9.17) is 0 Å². The van der Waals surface area contributed by atoms with Crippen LogP contribution in [0.25, 0.3) is 11.2 Å². The van der Waals surface area contributed by atoms with E-state index in [0.717, 1.165) is 0 Å². The minimum absolute atomic E-state index is 0.0111. The van der Waals surface area contributed by atoms with Gasteiger partial charge in [0, 0.05) is 25.7 Å². The summed E-state index contributed by atoms with van der Waals surface area (Å²) in [6.45, 7) is 2.27. The number of hydrogen-bond donors (Lipinski definition) is 2. The summed E-state index contributed by atoms with van der Waals surface area (Å²) in [6.07, 6.45) is 1.46. The molecule has 0 spiro atoms. The zero-order chi connectivity index (χ0) is 18.8. The summed E-state index contributed by atoms with van der Waals surface area (Å²) in [5.74, 6) is 0.298. The fourth-order valence-corrected chi connectivity index (χ4v) is 2.47. The third-order valence-corrected chi connectivity index (χ3v) is 3.81. The Bertz CT molecular complexity index is 1120. The van der Waals surface area contributed by atoms with Gasteiger partial charge in [-0.05, 0) is 24.6 Å². The van der Waals surface area contributed by atoms with Gasteiger partial charge in [0.1, 0.15) is 0 Å². The summed E-state index contributed by atoms with van der Waals surface area (Å²) >= 11 is 0. The summed E-state index contributed by atoms with van der Waals surface area (Å²) in [6, 6.07) is 5.86. The van der Waals surface area contributed by atoms with Gasteiger partial charge < -0.3 is 4.57 Å². The van der Waals surface area contributed by atoms with Gasteiger partial charge in [0.2, 0.25) is 5.95 Å². The first-order valence-corrected chi connectivity index (χ1v) is 7.65. The lowest BCUT2D eigenvalue weighted by atomic mass is 10.2. The number of nitro groups is 1. The number of hydrogen-bond acceptors (Lipinski definition) is 7. The number of nitro benzene ring substituents is 1. The predicted molar refractivity (Wildman–Crippen MR) is 95.6 cm³/mol. The molecule has 2 aromatic heterocycles. The molecule has 0 unspecified atom stereocenters. The average Bonchev–Trinajstić information content (AvgIpc) is 2.99. The molecule has 3 aromatic rings. The Morgan fingerprint density at radius 2 is 2.04 bits per heavy atom. The Balaban J connectivity index is 1.92. The van der Waals surface area contributed by atoms with Crippen LogP contribution in [0.2, 0.25) is 0 Å². The van der Waals surface area contributed by atoms with Crippen LogP contribution < -0.4 is 16.7 Å². The first kappa shape index (κ1) is 17.1. The average molecular weight is 357 g/mol. The molecule has 1 aromatic carbocycles. The van der Waals surface area contributed by atoms with Gasteiger partial charge in [-0.1, -0.05) is 0 Å². The van der Waals surface area contributed by atoms with Crippen LogP contribution in [0, 0.1) is 10.1 Å². The quantitative estimate of drug-likeness (QED) is 0.393. The molecule has 0 radical (unpaired) electrons. The Morgan fingerprint density at radius 3 is 2.65 bits per heavy atom. The largest absolute Gasteiger partial charge is 0.329 e. The molecule has 0 aliphatic rings. The molecular formula is C15H15N7O4. The van der Waals surface area contributed by atoms with Crippen molar-refractivity contribution < 1.29 is 4.92 Å². The molecule has 26 heavy (non-hydrogen) atoms. The molecule has 0 bridgehead atoms. The minimum atomic E-state index is -0.552. The van der Waals surface area contributed by atoms with E-state index in [1.807, 2.05) is 6.92 Å². The number of benzene rings is 1. The highest BCUT2D eigenvalue weighted by Crippen LogP contribution is 2.15. The maximum Gasteiger partial charge on any atom is 0.329 e. The maximum atomic E-state index is 12.1. The molecule has 0 amide bonds. The van der Waals surface area contributed by atoms with E-state index in [0.29, 0.717) is 18.1 Å². The van der Waals surface area contributed by atoms with Crippen LogP contribution in [0.5, 0.6) is 0 Å². The van der Waals surface area contributed by atoms with Gasteiger partial charge in [-0.15, -0.1) is 0 Å². The topological polar surface area (TPSA) is 140 Å². The van der Waals surface area contributed by atoms with Crippen LogP contribution in [0.15, 0.2) is 39.0 Å². The molecule has 11 heteroatoms. The second kappa shape index (κ2) is 6.63. The predicted octanol–water partition coefficient (Wildman–Crippen LogP) is 0.797. The molecule has 0 saturated carbocycles. The van der Waals surface area contributed by atoms with E-state index in [1.54, 1.807) is 16.7 Å². The molecule has 2 heterocycles. The van der Waals surface area contributed by atoms with Crippen molar-refractivity contribution >= 4 is 29.0 Å². The monoisotopic (exact) mass is 357 g/mol. The fourth-order valence-electron chi connectivity index (χ4n) is 2.47. The molecule has 11 nitrogen and oxygen atoms in total. The van der Waals surface area contributed by atoms with E-state index in [2.05, 4.69) is 20.5 Å². The third-order valence-electron chi connectivity index (χ3n) is 3.81. The van der Waals surface area contributed by atoms with Crippen molar-refractivity contribution in [3.8, 4) is 0 Å². The summed E-state index contributed by atoms with van der Waals surface area (Å²) in [5, 5.41) is 14.7. The summed E-state index contributed by atoms with van der Waals surface area (Å²) in [5.41, 5.74) is 2.80. The fraction of sp³-hybridized carbons (Fsp3) is 0.200. The molecule has 3 rings (SSSR count). The standard InChI is InChI=1S/C15H15N7O4/c1-3-21-11-12(20(2)15(24)18-13(11)23)17-14(21)19-16-8-9-4-6-10(7-5-9)22(25)26/h4-8H,3H2,1-2H3,(H,17,19)(H,18,23,24)/b16-8-. The number of aromatic nitrogens is 4. The highest BCUT2D eigenvalue weighted by Gasteiger charge is 2.15. The van der Waals surface area contributed by atoms with Gasteiger partial charge in [-0.25, -0.2) is 10.2 Å². The second-order valence-corrected chi connectivity index (χ2v) is 5.39. The third kappa shape index (κ3) is 2.97. The first-order valence-electron chi connectivity index (χ1n) is 7.65. The van der Waals surface area contributed by atoms with Gasteiger partial charge in [0.05, 0.1) is 11.1 Å². The van der Waals surface area contributed by atoms with Gasteiger partial charge in [-0.2, -0.15) is 10.1 Å². The van der Waals surface area contributed by atoms with Crippen molar-refractivity contribution in [2.24, 2.45) is 12.1 Å². The number of aromatic amines is 1. The number of fused-ring (bicyclic) bond motifs is 1. The zero-order valence-electron chi connectivity index (χ0n) is 14.0. The Hall–Kier alpha value is -3.76. The second-order valence-electron chi connectivity index (χ2n) is 5.39. The number of nitrogens with one attached hydrogen (secondary N) is 2. The highest BCUT2D eigenvalue weighted by molar-refractivity contribution is 5.81. The van der Waals surface area contributed by atoms with Crippen LogP contribution in [-0.4, -0.2) is 30.2 Å². The lowest BCUT2D eigenvalue weighted by molar-refractivity contribution is -0.384. The zero-order valence-corrected chi connectivity index (χ0v) is 14.0. The number of non-ortho nitro benzene ring substituents is 1. The number of hydrazone groups is 1. The normalized spacial score (nSPS) is 11.3. The Labute approximate surface area is 145 Å². The van der Waals surface area contributed by atoms with Gasteiger partial charge in [0.15, 0.2) is 11.2 Å². The lowest BCUT2D eigenvalue weighted by Gasteiger charge is -2.03. The van der Waals surface area contributed by atoms with Crippen molar-refractivity contribution in [1.82, 2.24) is 19.1 Å². The van der Waals surface area contributed by atoms with Crippen LogP contribution in [0.4, 0.5) is 11.6 Å². The number of imidazole rings is 1. The smallest absolute Gasteiger partial charge is 0.303 e. The lowest BCUT2D eigenvalue weighted by Crippen LogP contribution is -2.29. The van der Waals surface area contributed by atoms with Gasteiger partial charge >= 0.3 is 5.69 Å². The molecule has 0 saturated heterocycles. The van der Waals surface area contributed by atoms with Gasteiger partial charge in [0.25, 0.3) is 11.2 Å². The molecule has 0 atom stereocenters. The SMILES string of the molecule is CCn1c(N/N=C\c2ccc([N+](=O)[O-])cc2)nc2c1c(=O)[nH]c(=O)n2C. The van der Waals surface area contributed by atoms with Crippen molar-refractivity contribution in [2.75, 3.05) is 5.43 Å². The van der Waals surface area contributed by atoms with E-state index < -0.39 is 16.2 Å². The summed E-state index contributed by atoms with van der Waals surface area (Å²) in [7, 11) is 1.51. The van der Waals surface area contributed by atoms with Crippen molar-refractivity contribution in [3.63, 3.8) is 0 Å². The van der Waals surface area contributed by atoms with Gasteiger partial charge in [-0.3, -0.25) is 24.5 Å². The van der Waals surface area contributed by atoms with E-state index in [-0.39, 0.29) is 16.9 Å². The minimum Gasteiger partial charge on any atom is -0.303 e. The van der Waals surface area contributed by atoms with Crippen LogP contribution in [-0.2, 0) is 13.6 Å². The Morgan fingerprint density at radius 1 is 1.35 bits per heavy atom. The molecule has 0 aliphatic heterocycles. The van der Waals surface area contributed by atoms with Crippen molar-refractivity contribution in [1.29, 1.82) is 0 Å². The van der Waals surface area contributed by atoms with Crippen molar-refractivity contribution in [3.05, 3.63) is 60.8 Å². The van der Waals surface area contributed by atoms with Crippen LogP contribution in [0.3, 0.4) is 0 Å². The Kier molecular flexibility index (Phi) is 4.35. The molecule has 0 fully saturated rings. The maximum absolute atomic E-state index is 12.1. The number of aryl methyl sites for hydroxylation is 2. The highest BCUT2D eigenvalue weighted by atomic mass is 16.6. The number of anilines is 1. The molecule has 134 valence electrons.